The van der Waals surface area contributed by atoms with Crippen molar-refractivity contribution in [2.45, 2.75) is 27.1 Å². The maximum Gasteiger partial charge on any atom is 0.172 e. The number of aliphatic hydroxyl groups excluding tert-OH is 1. The zero-order chi connectivity index (χ0) is 12.0. The van der Waals surface area contributed by atoms with Crippen LogP contribution in [0.4, 0.5) is 5.69 Å². The smallest absolute Gasteiger partial charge is 0.172 e. The number of aliphatic hydroxyl groups is 1. The van der Waals surface area contributed by atoms with Gasteiger partial charge in [0.15, 0.2) is 6.29 Å². The molecule has 1 aromatic rings. The quantitative estimate of drug-likeness (QED) is 0.750. The molecule has 1 rings (SSSR count). The average molecular weight is 223 g/mol. The fourth-order valence-electron chi connectivity index (χ4n) is 1.68. The molecule has 0 amide bonds. The van der Waals surface area contributed by atoms with Crippen molar-refractivity contribution >= 4 is 5.69 Å². The van der Waals surface area contributed by atoms with E-state index in [-0.39, 0.29) is 0 Å². The molecular formula is C13H21NO2. The summed E-state index contributed by atoms with van der Waals surface area (Å²) >= 11 is 0. The average Bonchev–Trinajstić information content (AvgIpc) is 2.26. The Labute approximate surface area is 97.7 Å². The fourth-order valence-corrected chi connectivity index (χ4v) is 1.68. The Morgan fingerprint density at radius 1 is 1.38 bits per heavy atom. The number of likely N-dealkylation sites (N-methyl/N-ethyl adjacent to an activating group) is 1. The number of ether oxygens (including phenoxy) is 1. The van der Waals surface area contributed by atoms with Crippen LogP contribution < -0.4 is 4.90 Å². The van der Waals surface area contributed by atoms with Gasteiger partial charge in [0, 0.05) is 18.8 Å². The lowest BCUT2D eigenvalue weighted by Crippen LogP contribution is -2.33. The van der Waals surface area contributed by atoms with E-state index < -0.39 is 6.29 Å². The molecule has 16 heavy (non-hydrogen) atoms. The van der Waals surface area contributed by atoms with Crippen molar-refractivity contribution in [2.75, 3.05) is 24.6 Å². The van der Waals surface area contributed by atoms with Gasteiger partial charge in [0.2, 0.25) is 0 Å². The van der Waals surface area contributed by atoms with Gasteiger partial charge in [0.05, 0.1) is 6.54 Å². The molecule has 1 unspecified atom stereocenters. The number of nitrogens with zero attached hydrogens (tertiary/aromatic N) is 1. The molecule has 0 aliphatic heterocycles. The summed E-state index contributed by atoms with van der Waals surface area (Å²) in [4.78, 5) is 2.10. The lowest BCUT2D eigenvalue weighted by atomic mass is 10.2. The van der Waals surface area contributed by atoms with Crippen LogP contribution in [0.5, 0.6) is 0 Å². The maximum atomic E-state index is 9.62. The number of anilines is 1. The van der Waals surface area contributed by atoms with Crippen LogP contribution in [0.15, 0.2) is 24.3 Å². The van der Waals surface area contributed by atoms with Gasteiger partial charge in [-0.2, -0.15) is 0 Å². The SMILES string of the molecule is CCOC(O)CN(CC)c1cccc(C)c1. The van der Waals surface area contributed by atoms with Gasteiger partial charge < -0.3 is 14.7 Å². The molecule has 0 fully saturated rings. The molecule has 90 valence electrons. The first-order valence-electron chi connectivity index (χ1n) is 5.78. The van der Waals surface area contributed by atoms with Crippen molar-refractivity contribution in [3.05, 3.63) is 29.8 Å². The monoisotopic (exact) mass is 223 g/mol. The molecular weight excluding hydrogens is 202 g/mol. The number of hydrogen-bond acceptors (Lipinski definition) is 3. The minimum absolute atomic E-state index is 0.508. The summed E-state index contributed by atoms with van der Waals surface area (Å²) in [6, 6.07) is 8.26. The van der Waals surface area contributed by atoms with Gasteiger partial charge in [0.25, 0.3) is 0 Å². The molecule has 3 heteroatoms. The standard InChI is InChI=1S/C13H21NO2/c1-4-14(10-13(15)16-5-2)12-8-6-7-11(3)9-12/h6-9,13,15H,4-5,10H2,1-3H3. The first-order valence-corrected chi connectivity index (χ1v) is 5.78. The first-order chi connectivity index (χ1) is 7.67. The van der Waals surface area contributed by atoms with Gasteiger partial charge in [-0.25, -0.2) is 0 Å². The van der Waals surface area contributed by atoms with Gasteiger partial charge in [0.1, 0.15) is 0 Å². The van der Waals surface area contributed by atoms with Gasteiger partial charge in [-0.05, 0) is 38.5 Å². The molecule has 0 heterocycles. The maximum absolute atomic E-state index is 9.62. The molecule has 0 bridgehead atoms. The van der Waals surface area contributed by atoms with Gasteiger partial charge in [-0.15, -0.1) is 0 Å². The summed E-state index contributed by atoms with van der Waals surface area (Å²) in [6.07, 6.45) is -0.717. The predicted octanol–water partition coefficient (Wildman–Crippen LogP) is 2.18. The molecule has 0 spiro atoms. The van der Waals surface area contributed by atoms with Crippen molar-refractivity contribution in [1.29, 1.82) is 0 Å². The normalized spacial score (nSPS) is 12.5. The van der Waals surface area contributed by atoms with Crippen LogP contribution in [0.3, 0.4) is 0 Å². The van der Waals surface area contributed by atoms with E-state index in [4.69, 9.17) is 4.74 Å². The van der Waals surface area contributed by atoms with Gasteiger partial charge in [-0.3, -0.25) is 0 Å². The van der Waals surface area contributed by atoms with Crippen molar-refractivity contribution in [2.24, 2.45) is 0 Å². The fraction of sp³-hybridized carbons (Fsp3) is 0.538. The minimum Gasteiger partial charge on any atom is -0.367 e. The summed E-state index contributed by atoms with van der Waals surface area (Å²) in [5, 5.41) is 9.62. The van der Waals surface area contributed by atoms with E-state index in [1.807, 2.05) is 13.0 Å². The van der Waals surface area contributed by atoms with E-state index in [0.717, 1.165) is 12.2 Å². The van der Waals surface area contributed by atoms with Crippen LogP contribution in [0, 0.1) is 6.92 Å². The van der Waals surface area contributed by atoms with Crippen LogP contribution >= 0.6 is 0 Å². The van der Waals surface area contributed by atoms with Crippen LogP contribution in [0.2, 0.25) is 0 Å². The second kappa shape index (κ2) is 6.51. The molecule has 3 nitrogen and oxygen atoms in total. The molecule has 0 saturated heterocycles. The molecule has 0 aliphatic rings. The second-order valence-corrected chi connectivity index (χ2v) is 3.79. The molecule has 1 N–H and O–H groups in total. The van der Waals surface area contributed by atoms with Crippen LogP contribution in [-0.4, -0.2) is 31.1 Å². The third-order valence-electron chi connectivity index (χ3n) is 2.48. The number of aryl methyl sites for hydroxylation is 1. The Bertz CT molecular complexity index is 315. The largest absolute Gasteiger partial charge is 0.367 e. The zero-order valence-corrected chi connectivity index (χ0v) is 10.3. The Kier molecular flexibility index (Phi) is 5.29. The Morgan fingerprint density at radius 2 is 2.12 bits per heavy atom. The summed E-state index contributed by atoms with van der Waals surface area (Å²) in [6.45, 7) is 7.91. The molecule has 1 atom stereocenters. The van der Waals surface area contributed by atoms with Gasteiger partial charge >= 0.3 is 0 Å². The molecule has 0 aliphatic carbocycles. The number of rotatable bonds is 6. The second-order valence-electron chi connectivity index (χ2n) is 3.79. The highest BCUT2D eigenvalue weighted by atomic mass is 16.6. The summed E-state index contributed by atoms with van der Waals surface area (Å²) in [5.41, 5.74) is 2.35. The van der Waals surface area contributed by atoms with Crippen molar-refractivity contribution in [1.82, 2.24) is 0 Å². The highest BCUT2D eigenvalue weighted by Gasteiger charge is 2.10. The van der Waals surface area contributed by atoms with Crippen molar-refractivity contribution in [3.63, 3.8) is 0 Å². The lowest BCUT2D eigenvalue weighted by molar-refractivity contribution is -0.0873. The third-order valence-corrected chi connectivity index (χ3v) is 2.48. The molecule has 0 saturated carbocycles. The Balaban J connectivity index is 2.67. The molecule has 0 aromatic heterocycles. The van der Waals surface area contributed by atoms with E-state index in [2.05, 4.69) is 36.9 Å². The zero-order valence-electron chi connectivity index (χ0n) is 10.3. The topological polar surface area (TPSA) is 32.7 Å². The Morgan fingerprint density at radius 3 is 2.69 bits per heavy atom. The summed E-state index contributed by atoms with van der Waals surface area (Å²) in [5.74, 6) is 0. The van der Waals surface area contributed by atoms with E-state index in [1.54, 1.807) is 0 Å². The summed E-state index contributed by atoms with van der Waals surface area (Å²) < 4.78 is 5.14. The minimum atomic E-state index is -0.717. The van der Waals surface area contributed by atoms with E-state index in [0.29, 0.717) is 13.2 Å². The van der Waals surface area contributed by atoms with Crippen LogP contribution in [0.25, 0.3) is 0 Å². The molecule has 0 radical (unpaired) electrons. The van der Waals surface area contributed by atoms with Crippen LogP contribution in [-0.2, 0) is 4.74 Å². The van der Waals surface area contributed by atoms with Crippen molar-refractivity contribution in [3.8, 4) is 0 Å². The van der Waals surface area contributed by atoms with E-state index in [9.17, 15) is 5.11 Å². The highest BCUT2D eigenvalue weighted by Crippen LogP contribution is 2.16. The summed E-state index contributed by atoms with van der Waals surface area (Å²) in [7, 11) is 0. The predicted molar refractivity (Wildman–Crippen MR) is 66.7 cm³/mol. The first kappa shape index (κ1) is 13.0. The van der Waals surface area contributed by atoms with E-state index in [1.165, 1.54) is 5.56 Å². The van der Waals surface area contributed by atoms with Gasteiger partial charge in [-0.1, -0.05) is 12.1 Å². The molecule has 1 aromatic carbocycles. The van der Waals surface area contributed by atoms with Crippen molar-refractivity contribution < 1.29 is 9.84 Å². The Hall–Kier alpha value is -1.06. The number of hydrogen-bond donors (Lipinski definition) is 1. The highest BCUT2D eigenvalue weighted by molar-refractivity contribution is 5.48. The van der Waals surface area contributed by atoms with Crippen LogP contribution in [0.1, 0.15) is 19.4 Å². The third kappa shape index (κ3) is 3.83. The van der Waals surface area contributed by atoms with E-state index >= 15 is 0 Å². The lowest BCUT2D eigenvalue weighted by Gasteiger charge is -2.26. The number of benzene rings is 1.